The van der Waals surface area contributed by atoms with E-state index in [9.17, 15) is 4.79 Å². The number of amides is 1. The Hall–Kier alpha value is -1.49. The third-order valence-corrected chi connectivity index (χ3v) is 6.74. The first-order valence-corrected chi connectivity index (χ1v) is 10.5. The van der Waals surface area contributed by atoms with Crippen molar-refractivity contribution in [3.63, 3.8) is 0 Å². The third-order valence-electron chi connectivity index (χ3n) is 5.66. The minimum atomic E-state index is 0. The lowest BCUT2D eigenvalue weighted by Gasteiger charge is -2.21. The molecular weight excluding hydrogens is 376 g/mol. The topological polar surface area (TPSA) is 32.3 Å². The van der Waals surface area contributed by atoms with Gasteiger partial charge < -0.3 is 10.2 Å². The van der Waals surface area contributed by atoms with E-state index in [1.54, 1.807) is 0 Å². The SMILES string of the molecule is Cl.O=C(c1ccc(SCc2ccccc2)cc1)N1CC[C@@H]2CNC[C@@H]2CC1. The van der Waals surface area contributed by atoms with Gasteiger partial charge in [0.1, 0.15) is 0 Å². The minimum absolute atomic E-state index is 0. The average Bonchev–Trinajstić information content (AvgIpc) is 3.05. The van der Waals surface area contributed by atoms with Crippen molar-refractivity contribution in [3.8, 4) is 0 Å². The van der Waals surface area contributed by atoms with Gasteiger partial charge in [0.15, 0.2) is 0 Å². The second-order valence-corrected chi connectivity index (χ2v) is 8.40. The van der Waals surface area contributed by atoms with Crippen LogP contribution >= 0.6 is 24.2 Å². The van der Waals surface area contributed by atoms with Crippen LogP contribution in [0.2, 0.25) is 0 Å². The molecule has 2 aromatic carbocycles. The van der Waals surface area contributed by atoms with Gasteiger partial charge >= 0.3 is 0 Å². The second-order valence-electron chi connectivity index (χ2n) is 7.35. The lowest BCUT2D eigenvalue weighted by molar-refractivity contribution is 0.0758. The first-order chi connectivity index (χ1) is 12.8. The van der Waals surface area contributed by atoms with Crippen molar-refractivity contribution >= 4 is 30.1 Å². The second kappa shape index (κ2) is 9.63. The number of carbonyl (C=O) groups is 1. The Balaban J connectivity index is 0.00000210. The molecule has 2 aliphatic rings. The van der Waals surface area contributed by atoms with Crippen LogP contribution in [-0.4, -0.2) is 37.0 Å². The number of nitrogens with one attached hydrogen (secondary N) is 1. The Kier molecular flexibility index (Phi) is 7.22. The Morgan fingerprint density at radius 1 is 0.963 bits per heavy atom. The highest BCUT2D eigenvalue weighted by Crippen LogP contribution is 2.28. The Morgan fingerprint density at radius 3 is 2.22 bits per heavy atom. The van der Waals surface area contributed by atoms with Crippen molar-refractivity contribution in [2.24, 2.45) is 11.8 Å². The largest absolute Gasteiger partial charge is 0.339 e. The van der Waals surface area contributed by atoms with Gasteiger partial charge in [-0.25, -0.2) is 0 Å². The molecule has 0 radical (unpaired) electrons. The zero-order valence-electron chi connectivity index (χ0n) is 15.5. The Bertz CT molecular complexity index is 724. The first kappa shape index (κ1) is 20.2. The zero-order chi connectivity index (χ0) is 17.8. The minimum Gasteiger partial charge on any atom is -0.339 e. The van der Waals surface area contributed by atoms with Crippen molar-refractivity contribution in [2.75, 3.05) is 26.2 Å². The number of fused-ring (bicyclic) bond motifs is 1. The molecule has 0 aromatic heterocycles. The fourth-order valence-corrected chi connectivity index (χ4v) is 4.89. The summed E-state index contributed by atoms with van der Waals surface area (Å²) in [4.78, 5) is 16.1. The molecule has 2 heterocycles. The molecule has 2 fully saturated rings. The summed E-state index contributed by atoms with van der Waals surface area (Å²) in [5, 5.41) is 3.49. The van der Waals surface area contributed by atoms with E-state index in [-0.39, 0.29) is 18.3 Å². The van der Waals surface area contributed by atoms with E-state index in [2.05, 4.69) is 46.6 Å². The molecule has 5 heteroatoms. The van der Waals surface area contributed by atoms with Crippen LogP contribution in [0.1, 0.15) is 28.8 Å². The van der Waals surface area contributed by atoms with E-state index >= 15 is 0 Å². The van der Waals surface area contributed by atoms with Gasteiger partial charge in [-0.15, -0.1) is 24.2 Å². The summed E-state index contributed by atoms with van der Waals surface area (Å²) >= 11 is 1.81. The predicted octanol–water partition coefficient (Wildman–Crippen LogP) is 4.47. The van der Waals surface area contributed by atoms with Gasteiger partial charge in [0, 0.05) is 29.3 Å². The number of benzene rings is 2. The maximum absolute atomic E-state index is 12.9. The van der Waals surface area contributed by atoms with Crippen molar-refractivity contribution in [3.05, 3.63) is 65.7 Å². The van der Waals surface area contributed by atoms with Crippen LogP contribution in [-0.2, 0) is 5.75 Å². The number of hydrogen-bond donors (Lipinski definition) is 1. The van der Waals surface area contributed by atoms with Crippen LogP contribution in [0.3, 0.4) is 0 Å². The van der Waals surface area contributed by atoms with Crippen molar-refractivity contribution in [1.29, 1.82) is 0 Å². The smallest absolute Gasteiger partial charge is 0.253 e. The molecule has 1 N–H and O–H groups in total. The van der Waals surface area contributed by atoms with E-state index in [1.807, 2.05) is 30.0 Å². The van der Waals surface area contributed by atoms with Crippen LogP contribution in [0.5, 0.6) is 0 Å². The molecule has 0 aliphatic carbocycles. The lowest BCUT2D eigenvalue weighted by atomic mass is 9.92. The van der Waals surface area contributed by atoms with Crippen molar-refractivity contribution in [1.82, 2.24) is 10.2 Å². The van der Waals surface area contributed by atoms with Gasteiger partial charge in [0.05, 0.1) is 0 Å². The van der Waals surface area contributed by atoms with Crippen LogP contribution in [0.15, 0.2) is 59.5 Å². The van der Waals surface area contributed by atoms with E-state index in [4.69, 9.17) is 0 Å². The highest BCUT2D eigenvalue weighted by atomic mass is 35.5. The number of hydrogen-bond acceptors (Lipinski definition) is 3. The maximum Gasteiger partial charge on any atom is 0.253 e. The molecule has 2 aliphatic heterocycles. The fraction of sp³-hybridized carbons (Fsp3) is 0.409. The van der Waals surface area contributed by atoms with Gasteiger partial charge in [-0.1, -0.05) is 30.3 Å². The Labute approximate surface area is 172 Å². The monoisotopic (exact) mass is 402 g/mol. The number of carbonyl (C=O) groups excluding carboxylic acids is 1. The Morgan fingerprint density at radius 2 is 1.59 bits per heavy atom. The molecule has 4 rings (SSSR count). The number of thioether (sulfide) groups is 1. The van der Waals surface area contributed by atoms with Gasteiger partial charge in [-0.05, 0) is 67.6 Å². The fourth-order valence-electron chi connectivity index (χ4n) is 4.04. The number of halogens is 1. The van der Waals surface area contributed by atoms with Crippen molar-refractivity contribution < 1.29 is 4.79 Å². The summed E-state index contributed by atoms with van der Waals surface area (Å²) in [5.41, 5.74) is 2.14. The molecule has 1 amide bonds. The van der Waals surface area contributed by atoms with E-state index in [1.165, 1.54) is 10.5 Å². The maximum atomic E-state index is 12.9. The van der Waals surface area contributed by atoms with Gasteiger partial charge in [-0.2, -0.15) is 0 Å². The molecule has 2 saturated heterocycles. The molecule has 0 bridgehead atoms. The standard InChI is InChI=1S/C22H26N2OS.ClH/c25-22(24-12-10-19-14-23-15-20(19)11-13-24)18-6-8-21(9-7-18)26-16-17-4-2-1-3-5-17;/h1-9,19-20,23H,10-16H2;1H/t19-,20+;. The molecule has 2 aromatic rings. The van der Waals surface area contributed by atoms with Crippen LogP contribution in [0.4, 0.5) is 0 Å². The molecule has 2 atom stereocenters. The van der Waals surface area contributed by atoms with E-state index in [0.717, 1.165) is 62.2 Å². The lowest BCUT2D eigenvalue weighted by Crippen LogP contribution is -2.32. The van der Waals surface area contributed by atoms with Crippen molar-refractivity contribution in [2.45, 2.75) is 23.5 Å². The molecule has 27 heavy (non-hydrogen) atoms. The number of likely N-dealkylation sites (tertiary alicyclic amines) is 1. The van der Waals surface area contributed by atoms with Crippen LogP contribution in [0.25, 0.3) is 0 Å². The first-order valence-electron chi connectivity index (χ1n) is 9.56. The summed E-state index contributed by atoms with van der Waals surface area (Å²) in [7, 11) is 0. The predicted molar refractivity (Wildman–Crippen MR) is 115 cm³/mol. The molecule has 0 spiro atoms. The normalized spacial score (nSPS) is 21.9. The summed E-state index contributed by atoms with van der Waals surface area (Å²) in [6.07, 6.45) is 2.27. The molecular formula is C22H27ClN2OS. The highest BCUT2D eigenvalue weighted by Gasteiger charge is 2.31. The van der Waals surface area contributed by atoms with Gasteiger partial charge in [0.2, 0.25) is 0 Å². The zero-order valence-corrected chi connectivity index (χ0v) is 17.1. The van der Waals surface area contributed by atoms with Gasteiger partial charge in [0.25, 0.3) is 5.91 Å². The summed E-state index contributed by atoms with van der Waals surface area (Å²) < 4.78 is 0. The number of nitrogens with zero attached hydrogens (tertiary/aromatic N) is 1. The van der Waals surface area contributed by atoms with E-state index < -0.39 is 0 Å². The molecule has 0 unspecified atom stereocenters. The van der Waals surface area contributed by atoms with Crippen LogP contribution < -0.4 is 5.32 Å². The number of rotatable bonds is 4. The molecule has 3 nitrogen and oxygen atoms in total. The molecule has 0 saturated carbocycles. The van der Waals surface area contributed by atoms with Gasteiger partial charge in [-0.3, -0.25) is 4.79 Å². The average molecular weight is 403 g/mol. The summed E-state index contributed by atoms with van der Waals surface area (Å²) in [5.74, 6) is 2.66. The third kappa shape index (κ3) is 5.07. The molecule has 144 valence electrons. The summed E-state index contributed by atoms with van der Waals surface area (Å²) in [6.45, 7) is 4.04. The van der Waals surface area contributed by atoms with Crippen LogP contribution in [0, 0.1) is 11.8 Å². The van der Waals surface area contributed by atoms with E-state index in [0.29, 0.717) is 0 Å². The summed E-state index contributed by atoms with van der Waals surface area (Å²) in [6, 6.07) is 18.6. The quantitative estimate of drug-likeness (QED) is 0.765. The highest BCUT2D eigenvalue weighted by molar-refractivity contribution is 7.98.